The molecule has 0 spiro atoms. The molecule has 0 aromatic rings. The van der Waals surface area contributed by atoms with E-state index in [1.165, 1.54) is 6.42 Å². The highest BCUT2D eigenvalue weighted by atomic mass is 16.1. The van der Waals surface area contributed by atoms with Gasteiger partial charge in [0.1, 0.15) is 0 Å². The van der Waals surface area contributed by atoms with Crippen LogP contribution in [0.25, 0.3) is 0 Å². The molecule has 0 saturated carbocycles. The number of carbonyl (C=O) groups is 1. The second-order valence-electron chi connectivity index (χ2n) is 4.92. The van der Waals surface area contributed by atoms with Gasteiger partial charge in [0.05, 0.1) is 5.92 Å². The number of amides is 1. The summed E-state index contributed by atoms with van der Waals surface area (Å²) in [5.74, 6) is 0.686. The van der Waals surface area contributed by atoms with Crippen molar-refractivity contribution in [3.05, 3.63) is 0 Å². The van der Waals surface area contributed by atoms with Crippen LogP contribution in [0.4, 0.5) is 0 Å². The number of hydrogen-bond donors (Lipinski definition) is 2. The summed E-state index contributed by atoms with van der Waals surface area (Å²) in [5.41, 5.74) is 5.34. The number of nitrogens with zero attached hydrogens (tertiary/aromatic N) is 1. The van der Waals surface area contributed by atoms with Gasteiger partial charge >= 0.3 is 0 Å². The van der Waals surface area contributed by atoms with Crippen molar-refractivity contribution < 1.29 is 4.79 Å². The number of primary amides is 1. The molecule has 3 unspecified atom stereocenters. The second-order valence-corrected chi connectivity index (χ2v) is 4.92. The number of likely N-dealkylation sites (tertiary alicyclic amines) is 1. The van der Waals surface area contributed by atoms with Crippen LogP contribution >= 0.6 is 0 Å². The molecule has 0 bridgehead atoms. The lowest BCUT2D eigenvalue weighted by Crippen LogP contribution is -2.49. The molecule has 2 rings (SSSR count). The van der Waals surface area contributed by atoms with Crippen molar-refractivity contribution in [2.24, 2.45) is 17.6 Å². The quantitative estimate of drug-likeness (QED) is 0.664. The number of nitrogens with two attached hydrogens (primary N) is 1. The average molecular weight is 211 g/mol. The van der Waals surface area contributed by atoms with E-state index in [-0.39, 0.29) is 11.8 Å². The molecule has 0 aliphatic carbocycles. The van der Waals surface area contributed by atoms with Crippen LogP contribution < -0.4 is 11.1 Å². The minimum atomic E-state index is -0.131. The van der Waals surface area contributed by atoms with Gasteiger partial charge in [0, 0.05) is 19.1 Å². The van der Waals surface area contributed by atoms with E-state index in [0.717, 1.165) is 38.5 Å². The van der Waals surface area contributed by atoms with Crippen LogP contribution in [0.3, 0.4) is 0 Å². The van der Waals surface area contributed by atoms with Gasteiger partial charge in [-0.3, -0.25) is 9.69 Å². The predicted molar refractivity (Wildman–Crippen MR) is 59.3 cm³/mol. The zero-order valence-electron chi connectivity index (χ0n) is 9.41. The fourth-order valence-electron chi connectivity index (χ4n) is 2.78. The Labute approximate surface area is 91.2 Å². The molecular weight excluding hydrogens is 190 g/mol. The van der Waals surface area contributed by atoms with Crippen molar-refractivity contribution in [1.82, 2.24) is 10.2 Å². The number of piperidine rings is 1. The minimum absolute atomic E-state index is 0.0825. The lowest BCUT2D eigenvalue weighted by atomic mass is 9.93. The number of rotatable bonds is 2. The van der Waals surface area contributed by atoms with Crippen LogP contribution in [0.1, 0.15) is 19.8 Å². The molecule has 2 aliphatic heterocycles. The third kappa shape index (κ3) is 2.32. The summed E-state index contributed by atoms with van der Waals surface area (Å²) in [4.78, 5) is 13.5. The van der Waals surface area contributed by atoms with Gasteiger partial charge in [-0.15, -0.1) is 0 Å². The fraction of sp³-hybridized carbons (Fsp3) is 0.909. The van der Waals surface area contributed by atoms with Crippen molar-refractivity contribution in [1.29, 1.82) is 0 Å². The molecular formula is C11H21N3O. The van der Waals surface area contributed by atoms with Crippen molar-refractivity contribution in [2.45, 2.75) is 25.8 Å². The van der Waals surface area contributed by atoms with Crippen LogP contribution in [-0.2, 0) is 4.79 Å². The molecule has 1 amide bonds. The third-order valence-electron chi connectivity index (χ3n) is 3.88. The minimum Gasteiger partial charge on any atom is -0.369 e. The van der Waals surface area contributed by atoms with Crippen molar-refractivity contribution in [2.75, 3.05) is 26.2 Å². The normalized spacial score (nSPS) is 38.1. The zero-order valence-corrected chi connectivity index (χ0v) is 9.41. The van der Waals surface area contributed by atoms with Crippen LogP contribution in [0.15, 0.2) is 0 Å². The van der Waals surface area contributed by atoms with Crippen molar-refractivity contribution in [3.63, 3.8) is 0 Å². The fourth-order valence-corrected chi connectivity index (χ4v) is 2.78. The highest BCUT2D eigenvalue weighted by Gasteiger charge is 2.34. The van der Waals surface area contributed by atoms with Gasteiger partial charge < -0.3 is 11.1 Å². The molecule has 2 heterocycles. The molecule has 4 heteroatoms. The Bertz CT molecular complexity index is 244. The molecule has 2 aliphatic rings. The maximum atomic E-state index is 11.1. The van der Waals surface area contributed by atoms with Crippen LogP contribution in [0.5, 0.6) is 0 Å². The lowest BCUT2D eigenvalue weighted by molar-refractivity contribution is -0.121. The highest BCUT2D eigenvalue weighted by Crippen LogP contribution is 2.24. The molecule has 15 heavy (non-hydrogen) atoms. The van der Waals surface area contributed by atoms with Gasteiger partial charge in [-0.05, 0) is 31.8 Å². The lowest BCUT2D eigenvalue weighted by Gasteiger charge is -2.36. The van der Waals surface area contributed by atoms with Crippen LogP contribution in [-0.4, -0.2) is 43.0 Å². The summed E-state index contributed by atoms with van der Waals surface area (Å²) in [6, 6.07) is 0.600. The monoisotopic (exact) mass is 211 g/mol. The van der Waals surface area contributed by atoms with E-state index in [9.17, 15) is 4.79 Å². The van der Waals surface area contributed by atoms with E-state index in [4.69, 9.17) is 5.73 Å². The molecule has 3 N–H and O–H groups in total. The Morgan fingerprint density at radius 1 is 1.47 bits per heavy atom. The van der Waals surface area contributed by atoms with Crippen LogP contribution in [0, 0.1) is 11.8 Å². The van der Waals surface area contributed by atoms with Crippen molar-refractivity contribution >= 4 is 5.91 Å². The molecule has 0 aromatic heterocycles. The largest absolute Gasteiger partial charge is 0.369 e. The summed E-state index contributed by atoms with van der Waals surface area (Å²) in [6.45, 7) is 6.40. The SMILES string of the molecule is CC1CCNCC1N1CCC(C(N)=O)C1. The first-order valence-corrected chi connectivity index (χ1v) is 5.92. The smallest absolute Gasteiger partial charge is 0.221 e. The maximum Gasteiger partial charge on any atom is 0.221 e. The van der Waals surface area contributed by atoms with Gasteiger partial charge in [-0.2, -0.15) is 0 Å². The molecule has 2 saturated heterocycles. The topological polar surface area (TPSA) is 58.4 Å². The first-order chi connectivity index (χ1) is 7.18. The van der Waals surface area contributed by atoms with E-state index in [1.54, 1.807) is 0 Å². The molecule has 86 valence electrons. The second kappa shape index (κ2) is 4.49. The van der Waals surface area contributed by atoms with Gasteiger partial charge in [0.25, 0.3) is 0 Å². The standard InChI is InChI=1S/C11H21N3O/c1-8-2-4-13-6-10(8)14-5-3-9(7-14)11(12)15/h8-10,13H,2-7H2,1H3,(H2,12,15). The summed E-state index contributed by atoms with van der Waals surface area (Å²) < 4.78 is 0. The Morgan fingerprint density at radius 2 is 2.27 bits per heavy atom. The summed E-state index contributed by atoms with van der Waals surface area (Å²) >= 11 is 0. The third-order valence-corrected chi connectivity index (χ3v) is 3.88. The Morgan fingerprint density at radius 3 is 2.87 bits per heavy atom. The van der Waals surface area contributed by atoms with E-state index in [0.29, 0.717) is 6.04 Å². The van der Waals surface area contributed by atoms with Gasteiger partial charge in [0.15, 0.2) is 0 Å². The average Bonchev–Trinajstić information content (AvgIpc) is 2.67. The van der Waals surface area contributed by atoms with Gasteiger partial charge in [0.2, 0.25) is 5.91 Å². The van der Waals surface area contributed by atoms with Gasteiger partial charge in [-0.1, -0.05) is 6.92 Å². The van der Waals surface area contributed by atoms with Crippen molar-refractivity contribution in [3.8, 4) is 0 Å². The molecule has 0 aromatic carbocycles. The number of carbonyl (C=O) groups excluding carboxylic acids is 1. The van der Waals surface area contributed by atoms with Gasteiger partial charge in [-0.25, -0.2) is 0 Å². The summed E-state index contributed by atoms with van der Waals surface area (Å²) in [7, 11) is 0. The van der Waals surface area contributed by atoms with E-state index < -0.39 is 0 Å². The molecule has 0 radical (unpaired) electrons. The first kappa shape index (κ1) is 10.9. The molecule has 3 atom stereocenters. The highest BCUT2D eigenvalue weighted by molar-refractivity contribution is 5.77. The predicted octanol–water partition coefficient (Wildman–Crippen LogP) is -0.208. The molecule has 4 nitrogen and oxygen atoms in total. The molecule has 2 fully saturated rings. The Kier molecular flexibility index (Phi) is 3.26. The Hall–Kier alpha value is -0.610. The zero-order chi connectivity index (χ0) is 10.8. The summed E-state index contributed by atoms with van der Waals surface area (Å²) in [5, 5.41) is 3.43. The van der Waals surface area contributed by atoms with Crippen LogP contribution in [0.2, 0.25) is 0 Å². The Balaban J connectivity index is 1.91. The number of hydrogen-bond acceptors (Lipinski definition) is 3. The maximum absolute atomic E-state index is 11.1. The summed E-state index contributed by atoms with van der Waals surface area (Å²) in [6.07, 6.45) is 2.18. The van der Waals surface area contributed by atoms with E-state index in [2.05, 4.69) is 17.1 Å². The van der Waals surface area contributed by atoms with E-state index in [1.807, 2.05) is 0 Å². The first-order valence-electron chi connectivity index (χ1n) is 5.92. The van der Waals surface area contributed by atoms with E-state index >= 15 is 0 Å². The number of nitrogens with one attached hydrogen (secondary N) is 1.